The van der Waals surface area contributed by atoms with E-state index < -0.39 is 10.0 Å². The van der Waals surface area contributed by atoms with Crippen LogP contribution < -0.4 is 9.47 Å². The third kappa shape index (κ3) is 3.85. The van der Waals surface area contributed by atoms with Crippen LogP contribution in [0.5, 0.6) is 11.5 Å². The van der Waals surface area contributed by atoms with Gasteiger partial charge in [-0.1, -0.05) is 34.1 Å². The van der Waals surface area contributed by atoms with Crippen molar-refractivity contribution in [3.05, 3.63) is 52.5 Å². The van der Waals surface area contributed by atoms with Gasteiger partial charge in [-0.25, -0.2) is 8.42 Å². The summed E-state index contributed by atoms with van der Waals surface area (Å²) >= 11 is 3.30. The Kier molecular flexibility index (Phi) is 5.67. The molecular weight excluding hydrogens is 382 g/mol. The summed E-state index contributed by atoms with van der Waals surface area (Å²) in [6, 6.07) is 12.2. The average molecular weight is 400 g/mol. The topological polar surface area (TPSA) is 55.8 Å². The Morgan fingerprint density at radius 2 is 1.70 bits per heavy atom. The molecule has 2 rings (SSSR count). The summed E-state index contributed by atoms with van der Waals surface area (Å²) in [7, 11) is 0.832. The molecule has 0 N–H and O–H groups in total. The molecule has 0 unspecified atom stereocenters. The minimum Gasteiger partial charge on any atom is -0.496 e. The van der Waals surface area contributed by atoms with E-state index in [9.17, 15) is 8.42 Å². The zero-order chi connectivity index (χ0) is 17.0. The molecule has 0 radical (unpaired) electrons. The lowest BCUT2D eigenvalue weighted by atomic mass is 10.2. The Hall–Kier alpha value is -1.57. The van der Waals surface area contributed by atoms with Crippen molar-refractivity contribution in [2.75, 3.05) is 21.3 Å². The van der Waals surface area contributed by atoms with Crippen LogP contribution in [0.4, 0.5) is 0 Å². The fourth-order valence-electron chi connectivity index (χ4n) is 2.18. The second kappa shape index (κ2) is 7.33. The zero-order valence-electron chi connectivity index (χ0n) is 13.1. The second-order valence-corrected chi connectivity index (χ2v) is 7.80. The first-order valence-corrected chi connectivity index (χ1v) is 9.05. The van der Waals surface area contributed by atoms with Crippen molar-refractivity contribution in [1.82, 2.24) is 4.31 Å². The van der Waals surface area contributed by atoms with E-state index in [4.69, 9.17) is 9.47 Å². The van der Waals surface area contributed by atoms with Gasteiger partial charge in [-0.2, -0.15) is 4.31 Å². The smallest absolute Gasteiger partial charge is 0.246 e. The summed E-state index contributed by atoms with van der Waals surface area (Å²) in [5.41, 5.74) is 0.787. The van der Waals surface area contributed by atoms with E-state index in [2.05, 4.69) is 15.9 Å². The summed E-state index contributed by atoms with van der Waals surface area (Å²) < 4.78 is 38.1. The molecule has 5 nitrogen and oxygen atoms in total. The van der Waals surface area contributed by atoms with Crippen molar-refractivity contribution >= 4 is 26.0 Å². The molecule has 2 aromatic rings. The van der Waals surface area contributed by atoms with Crippen molar-refractivity contribution in [1.29, 1.82) is 0 Å². The Labute approximate surface area is 145 Å². The zero-order valence-corrected chi connectivity index (χ0v) is 15.5. The van der Waals surface area contributed by atoms with E-state index in [0.717, 1.165) is 5.56 Å². The SMILES string of the molecule is COc1ccccc1CN(C)S(=O)(=O)c1cc(Br)ccc1OC. The number of rotatable bonds is 6. The number of benzene rings is 2. The molecule has 124 valence electrons. The average Bonchev–Trinajstić information content (AvgIpc) is 2.55. The van der Waals surface area contributed by atoms with Crippen LogP contribution in [0, 0.1) is 0 Å². The molecule has 0 spiro atoms. The van der Waals surface area contributed by atoms with Gasteiger partial charge in [-0.05, 0) is 24.3 Å². The van der Waals surface area contributed by atoms with Crippen LogP contribution >= 0.6 is 15.9 Å². The molecule has 0 aromatic heterocycles. The predicted octanol–water partition coefficient (Wildman–Crippen LogP) is 3.29. The van der Waals surface area contributed by atoms with Crippen molar-refractivity contribution < 1.29 is 17.9 Å². The fraction of sp³-hybridized carbons (Fsp3) is 0.250. The lowest BCUT2D eigenvalue weighted by Gasteiger charge is -2.20. The largest absolute Gasteiger partial charge is 0.496 e. The molecule has 0 saturated carbocycles. The van der Waals surface area contributed by atoms with E-state index in [0.29, 0.717) is 16.0 Å². The molecule has 2 aromatic carbocycles. The first-order chi connectivity index (χ1) is 10.9. The Bertz CT molecular complexity index is 792. The van der Waals surface area contributed by atoms with Gasteiger partial charge in [-0.3, -0.25) is 0 Å². The molecule has 0 saturated heterocycles. The van der Waals surface area contributed by atoms with Crippen LogP contribution in [-0.2, 0) is 16.6 Å². The third-order valence-electron chi connectivity index (χ3n) is 3.40. The van der Waals surface area contributed by atoms with Crippen LogP contribution in [0.25, 0.3) is 0 Å². The number of sulfonamides is 1. The quantitative estimate of drug-likeness (QED) is 0.747. The number of ether oxygens (including phenoxy) is 2. The molecule has 0 aliphatic rings. The molecular formula is C16H18BrNO4S. The molecule has 0 aliphatic heterocycles. The van der Waals surface area contributed by atoms with Gasteiger partial charge in [0.1, 0.15) is 16.4 Å². The highest BCUT2D eigenvalue weighted by molar-refractivity contribution is 9.10. The van der Waals surface area contributed by atoms with Gasteiger partial charge in [0.25, 0.3) is 0 Å². The van der Waals surface area contributed by atoms with Crippen molar-refractivity contribution in [2.45, 2.75) is 11.4 Å². The minimum atomic E-state index is -3.70. The van der Waals surface area contributed by atoms with Gasteiger partial charge in [0, 0.05) is 23.6 Å². The number of nitrogens with zero attached hydrogens (tertiary/aromatic N) is 1. The highest BCUT2D eigenvalue weighted by Gasteiger charge is 2.26. The highest BCUT2D eigenvalue weighted by atomic mass is 79.9. The maximum absolute atomic E-state index is 12.9. The number of hydrogen-bond acceptors (Lipinski definition) is 4. The highest BCUT2D eigenvalue weighted by Crippen LogP contribution is 2.30. The molecule has 0 aliphatic carbocycles. The summed E-state index contributed by atoms with van der Waals surface area (Å²) in [4.78, 5) is 0.117. The van der Waals surface area contributed by atoms with E-state index in [-0.39, 0.29) is 11.4 Å². The number of hydrogen-bond donors (Lipinski definition) is 0. The van der Waals surface area contributed by atoms with E-state index in [1.54, 1.807) is 25.3 Å². The summed E-state index contributed by atoms with van der Waals surface area (Å²) in [5.74, 6) is 0.954. The maximum atomic E-state index is 12.9. The lowest BCUT2D eigenvalue weighted by molar-refractivity contribution is 0.391. The molecule has 7 heteroatoms. The van der Waals surface area contributed by atoms with Gasteiger partial charge in [0.05, 0.1) is 14.2 Å². The van der Waals surface area contributed by atoms with Crippen LogP contribution in [0.2, 0.25) is 0 Å². The van der Waals surface area contributed by atoms with E-state index >= 15 is 0 Å². The molecule has 0 amide bonds. The standard InChI is InChI=1S/C16H18BrNO4S/c1-18(11-12-6-4-5-7-14(12)21-2)23(19,20)16-10-13(17)8-9-15(16)22-3/h4-10H,11H2,1-3H3. The summed E-state index contributed by atoms with van der Waals surface area (Å²) in [5, 5.41) is 0. The molecule has 23 heavy (non-hydrogen) atoms. The Morgan fingerprint density at radius 1 is 1.04 bits per heavy atom. The van der Waals surface area contributed by atoms with Gasteiger partial charge < -0.3 is 9.47 Å². The molecule has 0 atom stereocenters. The van der Waals surface area contributed by atoms with E-state index in [1.165, 1.54) is 24.5 Å². The lowest BCUT2D eigenvalue weighted by Crippen LogP contribution is -2.27. The summed E-state index contributed by atoms with van der Waals surface area (Å²) in [6.45, 7) is 0.196. The number of halogens is 1. The first kappa shape index (κ1) is 17.8. The third-order valence-corrected chi connectivity index (χ3v) is 5.72. The van der Waals surface area contributed by atoms with Gasteiger partial charge >= 0.3 is 0 Å². The Balaban J connectivity index is 2.38. The van der Waals surface area contributed by atoms with Gasteiger partial charge in [-0.15, -0.1) is 0 Å². The molecule has 0 heterocycles. The minimum absolute atomic E-state index is 0.117. The second-order valence-electron chi connectivity index (χ2n) is 4.87. The monoisotopic (exact) mass is 399 g/mol. The van der Waals surface area contributed by atoms with Gasteiger partial charge in [0.2, 0.25) is 10.0 Å². The van der Waals surface area contributed by atoms with Crippen LogP contribution in [-0.4, -0.2) is 34.0 Å². The number of methoxy groups -OCH3 is 2. The predicted molar refractivity (Wildman–Crippen MR) is 92.3 cm³/mol. The maximum Gasteiger partial charge on any atom is 0.246 e. The van der Waals surface area contributed by atoms with Crippen LogP contribution in [0.15, 0.2) is 51.8 Å². The normalized spacial score (nSPS) is 11.5. The van der Waals surface area contributed by atoms with Crippen molar-refractivity contribution in [3.8, 4) is 11.5 Å². The van der Waals surface area contributed by atoms with Crippen LogP contribution in [0.1, 0.15) is 5.56 Å². The van der Waals surface area contributed by atoms with Crippen molar-refractivity contribution in [3.63, 3.8) is 0 Å². The first-order valence-electron chi connectivity index (χ1n) is 6.82. The molecule has 0 fully saturated rings. The Morgan fingerprint density at radius 3 is 2.35 bits per heavy atom. The fourth-order valence-corrected chi connectivity index (χ4v) is 4.02. The summed E-state index contributed by atoms with van der Waals surface area (Å²) in [6.07, 6.45) is 0. The number of para-hydroxylation sites is 1. The van der Waals surface area contributed by atoms with E-state index in [1.807, 2.05) is 18.2 Å². The molecule has 0 bridgehead atoms. The van der Waals surface area contributed by atoms with Gasteiger partial charge in [0.15, 0.2) is 0 Å². The van der Waals surface area contributed by atoms with Crippen molar-refractivity contribution in [2.24, 2.45) is 0 Å². The van der Waals surface area contributed by atoms with Crippen LogP contribution in [0.3, 0.4) is 0 Å².